The molecule has 0 saturated heterocycles. The van der Waals surface area contributed by atoms with Crippen LogP contribution in [0.2, 0.25) is 0 Å². The molecule has 0 fully saturated rings. The normalized spacial score (nSPS) is 13.1. The van der Waals surface area contributed by atoms with Crippen molar-refractivity contribution in [2.24, 2.45) is 0 Å². The summed E-state index contributed by atoms with van der Waals surface area (Å²) in [5.41, 5.74) is 1.82. The van der Waals surface area contributed by atoms with Gasteiger partial charge in [-0.05, 0) is 37.6 Å². The summed E-state index contributed by atoms with van der Waals surface area (Å²) in [5.74, 6) is -1.54. The molecule has 1 heterocycles. The molecule has 3 rings (SSSR count). The summed E-state index contributed by atoms with van der Waals surface area (Å²) in [6.45, 7) is 2.00. The molecule has 25 heavy (non-hydrogen) atoms. The van der Waals surface area contributed by atoms with E-state index in [-0.39, 0.29) is 36.4 Å². The van der Waals surface area contributed by atoms with Crippen LogP contribution in [0, 0.1) is 12.7 Å². The number of carbonyl (C=O) groups is 3. The Balaban J connectivity index is 1.56. The summed E-state index contributed by atoms with van der Waals surface area (Å²) in [5, 5.41) is 2.48. The van der Waals surface area contributed by atoms with Crippen LogP contribution in [0.4, 0.5) is 10.1 Å². The zero-order chi connectivity index (χ0) is 18.0. The number of hydrogen-bond donors (Lipinski definition) is 1. The molecular formula is C19H17FN2O3. The predicted molar refractivity (Wildman–Crippen MR) is 90.8 cm³/mol. The van der Waals surface area contributed by atoms with Gasteiger partial charge in [0.2, 0.25) is 5.91 Å². The summed E-state index contributed by atoms with van der Waals surface area (Å²) in [4.78, 5) is 37.7. The second-order valence-corrected chi connectivity index (χ2v) is 5.94. The number of rotatable bonds is 5. The highest BCUT2D eigenvalue weighted by atomic mass is 19.1. The Morgan fingerprint density at radius 1 is 1.08 bits per heavy atom. The molecule has 3 amide bonds. The third kappa shape index (κ3) is 3.42. The van der Waals surface area contributed by atoms with E-state index in [0.29, 0.717) is 17.5 Å². The maximum Gasteiger partial charge on any atom is 0.261 e. The first kappa shape index (κ1) is 16.8. The van der Waals surface area contributed by atoms with Crippen molar-refractivity contribution in [2.45, 2.75) is 19.8 Å². The number of amides is 3. The molecule has 1 N–H and O–H groups in total. The number of hydrogen-bond acceptors (Lipinski definition) is 3. The summed E-state index contributed by atoms with van der Waals surface area (Å²) >= 11 is 0. The average molecular weight is 340 g/mol. The van der Waals surface area contributed by atoms with Gasteiger partial charge in [-0.15, -0.1) is 0 Å². The van der Waals surface area contributed by atoms with Crippen molar-refractivity contribution in [2.75, 3.05) is 11.9 Å². The number of carbonyl (C=O) groups excluding carboxylic acids is 3. The van der Waals surface area contributed by atoms with Crippen LogP contribution < -0.4 is 5.32 Å². The van der Waals surface area contributed by atoms with Gasteiger partial charge < -0.3 is 5.32 Å². The third-order valence-corrected chi connectivity index (χ3v) is 4.06. The first-order chi connectivity index (χ1) is 12.0. The molecule has 1 aliphatic rings. The van der Waals surface area contributed by atoms with Crippen molar-refractivity contribution < 1.29 is 18.8 Å². The van der Waals surface area contributed by atoms with Gasteiger partial charge in [0.25, 0.3) is 11.8 Å². The Morgan fingerprint density at radius 3 is 2.56 bits per heavy atom. The van der Waals surface area contributed by atoms with E-state index < -0.39 is 5.82 Å². The second kappa shape index (κ2) is 6.84. The van der Waals surface area contributed by atoms with Crippen molar-refractivity contribution in [3.05, 3.63) is 65.0 Å². The molecule has 1 aliphatic heterocycles. The monoisotopic (exact) mass is 340 g/mol. The van der Waals surface area contributed by atoms with Gasteiger partial charge in [-0.25, -0.2) is 4.39 Å². The molecule has 5 nitrogen and oxygen atoms in total. The summed E-state index contributed by atoms with van der Waals surface area (Å²) in [7, 11) is 0. The molecule has 0 spiro atoms. The Bertz CT molecular complexity index is 863. The number of aryl methyl sites for hydroxylation is 1. The Kier molecular flexibility index (Phi) is 4.61. The molecule has 0 unspecified atom stereocenters. The van der Waals surface area contributed by atoms with Gasteiger partial charge in [-0.2, -0.15) is 0 Å². The van der Waals surface area contributed by atoms with E-state index in [4.69, 9.17) is 0 Å². The lowest BCUT2D eigenvalue weighted by Crippen LogP contribution is -2.31. The topological polar surface area (TPSA) is 66.5 Å². The Morgan fingerprint density at radius 2 is 1.80 bits per heavy atom. The molecule has 2 aromatic rings. The van der Waals surface area contributed by atoms with Crippen molar-refractivity contribution in [3.8, 4) is 0 Å². The van der Waals surface area contributed by atoms with E-state index in [1.807, 2.05) is 6.92 Å². The summed E-state index contributed by atoms with van der Waals surface area (Å²) < 4.78 is 13.5. The van der Waals surface area contributed by atoms with E-state index >= 15 is 0 Å². The van der Waals surface area contributed by atoms with E-state index in [0.717, 1.165) is 10.5 Å². The van der Waals surface area contributed by atoms with Crippen LogP contribution in [0.5, 0.6) is 0 Å². The summed E-state index contributed by atoms with van der Waals surface area (Å²) in [6, 6.07) is 11.0. The fourth-order valence-corrected chi connectivity index (χ4v) is 2.78. The molecule has 0 atom stereocenters. The Labute approximate surface area is 144 Å². The molecule has 0 bridgehead atoms. The van der Waals surface area contributed by atoms with E-state index in [9.17, 15) is 18.8 Å². The lowest BCUT2D eigenvalue weighted by molar-refractivity contribution is -0.116. The van der Waals surface area contributed by atoms with Gasteiger partial charge in [-0.3, -0.25) is 19.3 Å². The van der Waals surface area contributed by atoms with Crippen molar-refractivity contribution in [3.63, 3.8) is 0 Å². The maximum atomic E-state index is 13.5. The van der Waals surface area contributed by atoms with Crippen molar-refractivity contribution >= 4 is 23.4 Å². The minimum absolute atomic E-state index is 0.0841. The fourth-order valence-electron chi connectivity index (χ4n) is 2.78. The van der Waals surface area contributed by atoms with E-state index in [1.165, 1.54) is 18.2 Å². The molecule has 2 aromatic carbocycles. The van der Waals surface area contributed by atoms with Crippen LogP contribution in [0.3, 0.4) is 0 Å². The maximum absolute atomic E-state index is 13.5. The Hall–Kier alpha value is -3.02. The summed E-state index contributed by atoms with van der Waals surface area (Å²) in [6.07, 6.45) is 0.394. The first-order valence-electron chi connectivity index (χ1n) is 7.98. The number of fused-ring (bicyclic) bond motifs is 1. The second-order valence-electron chi connectivity index (χ2n) is 5.94. The number of halogens is 1. The molecule has 0 aliphatic carbocycles. The van der Waals surface area contributed by atoms with Gasteiger partial charge >= 0.3 is 0 Å². The van der Waals surface area contributed by atoms with Gasteiger partial charge in [0, 0.05) is 13.0 Å². The lowest BCUT2D eigenvalue weighted by atomic mass is 10.1. The molecule has 0 aromatic heterocycles. The number of para-hydroxylation sites is 1. The standard InChI is InChI=1S/C19H17FN2O3/c1-12-8-9-13-14(11-12)19(25)22(18(13)24)10-4-7-17(23)21-16-6-3-2-5-15(16)20/h2-3,5-6,8-9,11H,4,7,10H2,1H3,(H,21,23). The van der Waals surface area contributed by atoms with Crippen LogP contribution in [0.15, 0.2) is 42.5 Å². The fraction of sp³-hybridized carbons (Fsp3) is 0.211. The van der Waals surface area contributed by atoms with Crippen LogP contribution in [-0.2, 0) is 4.79 Å². The van der Waals surface area contributed by atoms with E-state index in [2.05, 4.69) is 5.32 Å². The number of imide groups is 1. The number of nitrogens with one attached hydrogen (secondary N) is 1. The van der Waals surface area contributed by atoms with Gasteiger partial charge in [0.05, 0.1) is 16.8 Å². The van der Waals surface area contributed by atoms with Crippen molar-refractivity contribution in [1.29, 1.82) is 0 Å². The highest BCUT2D eigenvalue weighted by Gasteiger charge is 2.34. The van der Waals surface area contributed by atoms with Crippen LogP contribution in [0.1, 0.15) is 39.1 Å². The number of benzene rings is 2. The van der Waals surface area contributed by atoms with Crippen LogP contribution >= 0.6 is 0 Å². The van der Waals surface area contributed by atoms with E-state index in [1.54, 1.807) is 24.3 Å². The van der Waals surface area contributed by atoms with Gasteiger partial charge in [0.15, 0.2) is 0 Å². The average Bonchev–Trinajstić information content (AvgIpc) is 2.81. The minimum atomic E-state index is -0.508. The smallest absolute Gasteiger partial charge is 0.261 e. The molecular weight excluding hydrogens is 323 g/mol. The van der Waals surface area contributed by atoms with Crippen molar-refractivity contribution in [1.82, 2.24) is 4.90 Å². The van der Waals surface area contributed by atoms with Gasteiger partial charge in [0.1, 0.15) is 5.82 Å². The van der Waals surface area contributed by atoms with Gasteiger partial charge in [-0.1, -0.05) is 23.8 Å². The quantitative estimate of drug-likeness (QED) is 0.850. The molecule has 0 radical (unpaired) electrons. The SMILES string of the molecule is Cc1ccc2c(c1)C(=O)N(CCCC(=O)Nc1ccccc1F)C2=O. The lowest BCUT2D eigenvalue weighted by Gasteiger charge is -2.13. The highest BCUT2D eigenvalue weighted by Crippen LogP contribution is 2.24. The number of nitrogens with zero attached hydrogens (tertiary/aromatic N) is 1. The number of anilines is 1. The zero-order valence-electron chi connectivity index (χ0n) is 13.7. The minimum Gasteiger partial charge on any atom is -0.324 e. The predicted octanol–water partition coefficient (Wildman–Crippen LogP) is 3.15. The molecule has 0 saturated carbocycles. The zero-order valence-corrected chi connectivity index (χ0v) is 13.7. The van der Waals surface area contributed by atoms with Crippen LogP contribution in [0.25, 0.3) is 0 Å². The highest BCUT2D eigenvalue weighted by molar-refractivity contribution is 6.21. The largest absolute Gasteiger partial charge is 0.324 e. The molecule has 6 heteroatoms. The van der Waals surface area contributed by atoms with Crippen LogP contribution in [-0.4, -0.2) is 29.2 Å². The first-order valence-corrected chi connectivity index (χ1v) is 7.98. The molecule has 128 valence electrons. The third-order valence-electron chi connectivity index (χ3n) is 4.06.